The van der Waals surface area contributed by atoms with Crippen molar-refractivity contribution in [3.8, 4) is 0 Å². The first-order valence-electron chi connectivity index (χ1n) is 10.0. The van der Waals surface area contributed by atoms with E-state index in [1.165, 1.54) is 23.9 Å². The Labute approximate surface area is 184 Å². The smallest absolute Gasteiger partial charge is 0.264 e. The number of aryl methyl sites for hydroxylation is 3. The van der Waals surface area contributed by atoms with Crippen LogP contribution in [-0.2, 0) is 9.59 Å². The Morgan fingerprint density at radius 3 is 2.58 bits per heavy atom. The maximum atomic E-state index is 13.2. The van der Waals surface area contributed by atoms with Crippen molar-refractivity contribution in [1.82, 2.24) is 15.9 Å². The molecule has 31 heavy (non-hydrogen) atoms. The van der Waals surface area contributed by atoms with Crippen LogP contribution >= 0.6 is 11.8 Å². The number of hydrazine groups is 1. The molecule has 0 spiro atoms. The van der Waals surface area contributed by atoms with Crippen molar-refractivity contribution in [2.75, 3.05) is 11.1 Å². The molecular weight excluding hydrogens is 417 g/mol. The highest BCUT2D eigenvalue weighted by Crippen LogP contribution is 2.31. The van der Waals surface area contributed by atoms with Crippen molar-refractivity contribution in [3.63, 3.8) is 0 Å². The lowest BCUT2D eigenvalue weighted by molar-refractivity contribution is -0.125. The molecule has 2 unspecified atom stereocenters. The Morgan fingerprint density at radius 2 is 1.90 bits per heavy atom. The van der Waals surface area contributed by atoms with Gasteiger partial charge in [-0.2, -0.15) is 0 Å². The number of carbonyl (C=O) groups is 2. The number of nitrogens with zero attached hydrogens (tertiary/aromatic N) is 2. The summed E-state index contributed by atoms with van der Waals surface area (Å²) in [6.07, 6.45) is 0.519. The number of halogens is 1. The van der Waals surface area contributed by atoms with E-state index in [1.807, 2.05) is 32.9 Å². The zero-order valence-corrected chi connectivity index (χ0v) is 18.3. The number of amides is 2. The minimum atomic E-state index is -0.445. The quantitative estimate of drug-likeness (QED) is 0.679. The molecule has 2 aromatic carbocycles. The molecule has 9 heteroatoms. The lowest BCUT2D eigenvalue weighted by Gasteiger charge is -2.29. The van der Waals surface area contributed by atoms with Crippen LogP contribution in [0.5, 0.6) is 0 Å². The highest BCUT2D eigenvalue weighted by Gasteiger charge is 2.41. The summed E-state index contributed by atoms with van der Waals surface area (Å²) < 4.78 is 13.2. The van der Waals surface area contributed by atoms with E-state index in [0.29, 0.717) is 11.6 Å². The van der Waals surface area contributed by atoms with Gasteiger partial charge in [-0.25, -0.2) is 15.2 Å². The van der Waals surface area contributed by atoms with Gasteiger partial charge in [-0.05, 0) is 56.0 Å². The number of rotatable bonds is 4. The summed E-state index contributed by atoms with van der Waals surface area (Å²) in [5.41, 5.74) is 10.7. The average molecular weight is 442 g/mol. The minimum Gasteiger partial charge on any atom is -0.325 e. The average Bonchev–Trinajstić information content (AvgIpc) is 3.17. The summed E-state index contributed by atoms with van der Waals surface area (Å²) >= 11 is 1.24. The third kappa shape index (κ3) is 4.57. The Balaban J connectivity index is 1.41. The second kappa shape index (κ2) is 8.68. The minimum absolute atomic E-state index is 0.146. The van der Waals surface area contributed by atoms with E-state index in [2.05, 4.69) is 21.3 Å². The summed E-state index contributed by atoms with van der Waals surface area (Å²) in [6.45, 7) is 5.96. The zero-order chi connectivity index (χ0) is 22.1. The van der Waals surface area contributed by atoms with E-state index in [0.717, 1.165) is 27.9 Å². The first-order valence-corrected chi connectivity index (χ1v) is 11.0. The molecule has 3 N–H and O–H groups in total. The van der Waals surface area contributed by atoms with Gasteiger partial charge >= 0.3 is 0 Å². The molecule has 0 radical (unpaired) electrons. The first-order chi connectivity index (χ1) is 14.8. The molecule has 1 saturated heterocycles. The maximum absolute atomic E-state index is 13.2. The number of carbonyl (C=O) groups excluding carboxylic acids is 2. The number of hydrazone groups is 1. The van der Waals surface area contributed by atoms with Gasteiger partial charge in [0.1, 0.15) is 11.9 Å². The van der Waals surface area contributed by atoms with Gasteiger partial charge in [-0.15, -0.1) is 5.10 Å². The van der Waals surface area contributed by atoms with Gasteiger partial charge in [0, 0.05) is 5.69 Å². The summed E-state index contributed by atoms with van der Waals surface area (Å²) in [5, 5.41) is 9.32. The van der Waals surface area contributed by atoms with Crippen molar-refractivity contribution >= 4 is 34.4 Å². The van der Waals surface area contributed by atoms with Gasteiger partial charge in [0.25, 0.3) is 5.91 Å². The number of nitrogens with one attached hydrogen (secondary N) is 3. The fourth-order valence-electron chi connectivity index (χ4n) is 3.97. The number of hydrogen-bond acceptors (Lipinski definition) is 6. The summed E-state index contributed by atoms with van der Waals surface area (Å²) in [7, 11) is 0. The standard InChI is InChI=1S/C22H24FN5O2S/c1-12-8-13(2)20(14(3)9-12)24-19(29)11-31-22-26-25-21(30)18-10-17(27-28(18)22)15-4-6-16(23)7-5-15/h4-9,17-18,27H,10-11H2,1-3H3,(H,24,29)(H,25,30). The number of thioether (sulfide) groups is 1. The van der Waals surface area contributed by atoms with Gasteiger partial charge < -0.3 is 5.32 Å². The number of benzene rings is 2. The number of fused-ring (bicyclic) bond motifs is 1. The van der Waals surface area contributed by atoms with Crippen LogP contribution in [0.1, 0.15) is 34.7 Å². The molecule has 2 aliphatic heterocycles. The third-order valence-corrected chi connectivity index (χ3v) is 6.33. The van der Waals surface area contributed by atoms with E-state index < -0.39 is 6.04 Å². The fourth-order valence-corrected chi connectivity index (χ4v) is 4.74. The van der Waals surface area contributed by atoms with Crippen LogP contribution in [-0.4, -0.2) is 33.8 Å². The van der Waals surface area contributed by atoms with Crippen LogP contribution < -0.4 is 16.2 Å². The lowest BCUT2D eigenvalue weighted by Crippen LogP contribution is -2.52. The van der Waals surface area contributed by atoms with Gasteiger partial charge in [0.15, 0.2) is 5.17 Å². The topological polar surface area (TPSA) is 85.8 Å². The predicted octanol–water partition coefficient (Wildman–Crippen LogP) is 3.14. The van der Waals surface area contributed by atoms with E-state index in [-0.39, 0.29) is 29.4 Å². The molecule has 2 amide bonds. The maximum Gasteiger partial charge on any atom is 0.264 e. The first kappa shape index (κ1) is 21.3. The van der Waals surface area contributed by atoms with E-state index >= 15 is 0 Å². The Morgan fingerprint density at radius 1 is 1.23 bits per heavy atom. The molecule has 2 aliphatic rings. The van der Waals surface area contributed by atoms with Crippen molar-refractivity contribution in [1.29, 1.82) is 0 Å². The molecule has 2 atom stereocenters. The SMILES string of the molecule is Cc1cc(C)c(NC(=O)CSC2=NNC(=O)C3CC(c4ccc(F)cc4)NN23)c(C)c1. The second-order valence-electron chi connectivity index (χ2n) is 7.84. The molecule has 1 fully saturated rings. The van der Waals surface area contributed by atoms with Gasteiger partial charge in [-0.1, -0.05) is 41.6 Å². The summed E-state index contributed by atoms with van der Waals surface area (Å²) in [6, 6.07) is 9.68. The van der Waals surface area contributed by atoms with Gasteiger partial charge in [-0.3, -0.25) is 14.6 Å². The number of amidine groups is 1. The van der Waals surface area contributed by atoms with Crippen molar-refractivity contribution < 1.29 is 14.0 Å². The van der Waals surface area contributed by atoms with E-state index in [4.69, 9.17) is 0 Å². The predicted molar refractivity (Wildman–Crippen MR) is 120 cm³/mol. The second-order valence-corrected chi connectivity index (χ2v) is 8.78. The van der Waals surface area contributed by atoms with Crippen LogP contribution in [0, 0.1) is 26.6 Å². The molecule has 0 aliphatic carbocycles. The molecular formula is C22H24FN5O2S. The fraction of sp³-hybridized carbons (Fsp3) is 0.318. The summed E-state index contributed by atoms with van der Waals surface area (Å²) in [5.74, 6) is -0.518. The molecule has 0 saturated carbocycles. The van der Waals surface area contributed by atoms with Crippen LogP contribution in [0.25, 0.3) is 0 Å². The number of anilines is 1. The van der Waals surface area contributed by atoms with Crippen LogP contribution in [0.15, 0.2) is 41.5 Å². The highest BCUT2D eigenvalue weighted by molar-refractivity contribution is 8.14. The largest absolute Gasteiger partial charge is 0.325 e. The lowest BCUT2D eigenvalue weighted by atomic mass is 10.0. The van der Waals surface area contributed by atoms with Crippen molar-refractivity contribution in [3.05, 3.63) is 64.5 Å². The van der Waals surface area contributed by atoms with Crippen LogP contribution in [0.3, 0.4) is 0 Å². The molecule has 4 rings (SSSR count). The Kier molecular flexibility index (Phi) is 5.97. The zero-order valence-electron chi connectivity index (χ0n) is 17.5. The molecule has 162 valence electrons. The molecule has 2 heterocycles. The van der Waals surface area contributed by atoms with Crippen LogP contribution in [0.2, 0.25) is 0 Å². The Hall–Kier alpha value is -2.91. The van der Waals surface area contributed by atoms with E-state index in [9.17, 15) is 14.0 Å². The number of hydrogen-bond donors (Lipinski definition) is 3. The molecule has 2 aromatic rings. The monoisotopic (exact) mass is 441 g/mol. The molecule has 0 bridgehead atoms. The van der Waals surface area contributed by atoms with Gasteiger partial charge in [0.2, 0.25) is 5.91 Å². The Bertz CT molecular complexity index is 1030. The summed E-state index contributed by atoms with van der Waals surface area (Å²) in [4.78, 5) is 24.9. The molecule has 0 aromatic heterocycles. The normalized spacial score (nSPS) is 20.2. The van der Waals surface area contributed by atoms with Crippen molar-refractivity contribution in [2.45, 2.75) is 39.3 Å². The van der Waals surface area contributed by atoms with E-state index in [1.54, 1.807) is 17.1 Å². The molecule has 7 nitrogen and oxygen atoms in total. The van der Waals surface area contributed by atoms with Gasteiger partial charge in [0.05, 0.1) is 11.8 Å². The highest BCUT2D eigenvalue weighted by atomic mass is 32.2. The third-order valence-electron chi connectivity index (χ3n) is 5.38. The van der Waals surface area contributed by atoms with Crippen molar-refractivity contribution in [2.24, 2.45) is 5.10 Å². The van der Waals surface area contributed by atoms with Crippen LogP contribution in [0.4, 0.5) is 10.1 Å².